The van der Waals surface area contributed by atoms with Crippen LogP contribution in [0.4, 0.5) is 5.82 Å². The summed E-state index contributed by atoms with van der Waals surface area (Å²) >= 11 is 0. The minimum absolute atomic E-state index is 0.444. The van der Waals surface area contributed by atoms with Crippen molar-refractivity contribution in [1.82, 2.24) is 9.97 Å². The maximum Gasteiger partial charge on any atom is 0.219 e. The molecule has 2 N–H and O–H groups in total. The number of nitrogens with zero attached hydrogens (tertiary/aromatic N) is 2. The fraction of sp³-hybridized carbons (Fsp3) is 0.231. The first-order valence-corrected chi connectivity index (χ1v) is 5.58. The molecule has 0 spiro atoms. The molecule has 0 unspecified atom stereocenters. The first-order valence-electron chi connectivity index (χ1n) is 5.58. The maximum atomic E-state index is 5.67. The quantitative estimate of drug-likeness (QED) is 0.873. The summed E-state index contributed by atoms with van der Waals surface area (Å²) in [5.41, 5.74) is 6.77. The van der Waals surface area contributed by atoms with Crippen LogP contribution in [0.2, 0.25) is 0 Å². The van der Waals surface area contributed by atoms with Gasteiger partial charge in [-0.05, 0) is 5.56 Å². The van der Waals surface area contributed by atoms with Gasteiger partial charge in [0.2, 0.25) is 5.88 Å². The van der Waals surface area contributed by atoms with Crippen LogP contribution in [-0.4, -0.2) is 9.97 Å². The van der Waals surface area contributed by atoms with Gasteiger partial charge in [-0.25, -0.2) is 4.98 Å². The topological polar surface area (TPSA) is 61.0 Å². The number of hydrogen-bond acceptors (Lipinski definition) is 4. The normalized spacial score (nSPS) is 10.2. The summed E-state index contributed by atoms with van der Waals surface area (Å²) in [6.45, 7) is 2.47. The standard InChI is InChI=1S/C13H15N3O/c1-2-12-15-11(14)8-13(16-12)17-9-10-6-4-3-5-7-10/h3-8H,2,9H2,1H3,(H2,14,15,16). The minimum atomic E-state index is 0.444. The molecule has 0 saturated carbocycles. The molecule has 0 fully saturated rings. The Hall–Kier alpha value is -2.10. The molecule has 0 bridgehead atoms. The zero-order chi connectivity index (χ0) is 12.1. The molecule has 4 heteroatoms. The van der Waals surface area contributed by atoms with Gasteiger partial charge in [0.05, 0.1) is 0 Å². The highest BCUT2D eigenvalue weighted by atomic mass is 16.5. The second-order valence-corrected chi connectivity index (χ2v) is 3.68. The Morgan fingerprint density at radius 2 is 1.94 bits per heavy atom. The van der Waals surface area contributed by atoms with Crippen LogP contribution in [0.15, 0.2) is 36.4 Å². The van der Waals surface area contributed by atoms with Gasteiger partial charge in [0.1, 0.15) is 18.2 Å². The van der Waals surface area contributed by atoms with Crippen LogP contribution >= 0.6 is 0 Å². The lowest BCUT2D eigenvalue weighted by molar-refractivity contribution is 0.292. The molecule has 0 amide bonds. The molecule has 0 aliphatic rings. The predicted octanol–water partition coefficient (Wildman–Crippen LogP) is 2.20. The molecule has 2 aromatic rings. The van der Waals surface area contributed by atoms with Crippen LogP contribution in [0.5, 0.6) is 5.88 Å². The number of rotatable bonds is 4. The summed E-state index contributed by atoms with van der Waals surface area (Å²) in [6.07, 6.45) is 0.743. The third-order valence-electron chi connectivity index (χ3n) is 2.31. The first-order chi connectivity index (χ1) is 8.28. The highest BCUT2D eigenvalue weighted by Gasteiger charge is 2.02. The Balaban J connectivity index is 2.06. The van der Waals surface area contributed by atoms with E-state index in [1.54, 1.807) is 6.07 Å². The molecule has 0 radical (unpaired) electrons. The summed E-state index contributed by atoms with van der Waals surface area (Å²) in [4.78, 5) is 8.35. The van der Waals surface area contributed by atoms with Crippen molar-refractivity contribution in [3.63, 3.8) is 0 Å². The van der Waals surface area contributed by atoms with Gasteiger partial charge in [-0.3, -0.25) is 0 Å². The lowest BCUT2D eigenvalue weighted by Gasteiger charge is -2.07. The molecular weight excluding hydrogens is 214 g/mol. The second-order valence-electron chi connectivity index (χ2n) is 3.68. The first kappa shape index (κ1) is 11.4. The predicted molar refractivity (Wildman–Crippen MR) is 66.6 cm³/mol. The summed E-state index contributed by atoms with van der Waals surface area (Å²) in [6, 6.07) is 11.6. The van der Waals surface area contributed by atoms with Crippen molar-refractivity contribution in [3.8, 4) is 5.88 Å². The van der Waals surface area contributed by atoms with Gasteiger partial charge >= 0.3 is 0 Å². The van der Waals surface area contributed by atoms with Crippen LogP contribution in [0.3, 0.4) is 0 Å². The van der Waals surface area contributed by atoms with Crippen molar-refractivity contribution >= 4 is 5.82 Å². The van der Waals surface area contributed by atoms with E-state index in [0.717, 1.165) is 12.0 Å². The number of aryl methyl sites for hydroxylation is 1. The van der Waals surface area contributed by atoms with Crippen molar-refractivity contribution < 1.29 is 4.74 Å². The third-order valence-corrected chi connectivity index (χ3v) is 2.31. The molecule has 1 aromatic carbocycles. The average Bonchev–Trinajstić information content (AvgIpc) is 2.37. The number of nitrogens with two attached hydrogens (primary N) is 1. The highest BCUT2D eigenvalue weighted by molar-refractivity contribution is 5.33. The second kappa shape index (κ2) is 5.30. The Kier molecular flexibility index (Phi) is 3.55. The Bertz CT molecular complexity index is 485. The fourth-order valence-electron chi connectivity index (χ4n) is 1.46. The molecule has 1 heterocycles. The van der Waals surface area contributed by atoms with Crippen molar-refractivity contribution in [3.05, 3.63) is 47.8 Å². The Morgan fingerprint density at radius 1 is 1.18 bits per heavy atom. The van der Waals surface area contributed by atoms with Crippen LogP contribution in [0, 0.1) is 0 Å². The molecule has 0 aliphatic heterocycles. The van der Waals surface area contributed by atoms with Crippen LogP contribution in [0.1, 0.15) is 18.3 Å². The van der Waals surface area contributed by atoms with Gasteiger partial charge in [-0.1, -0.05) is 37.3 Å². The summed E-state index contributed by atoms with van der Waals surface area (Å²) in [5, 5.41) is 0. The van der Waals surface area contributed by atoms with Crippen LogP contribution in [-0.2, 0) is 13.0 Å². The monoisotopic (exact) mass is 229 g/mol. The van der Waals surface area contributed by atoms with Crippen LogP contribution in [0.25, 0.3) is 0 Å². The number of aromatic nitrogens is 2. The van der Waals surface area contributed by atoms with Crippen molar-refractivity contribution in [2.24, 2.45) is 0 Å². The van der Waals surface area contributed by atoms with E-state index in [-0.39, 0.29) is 0 Å². The zero-order valence-electron chi connectivity index (χ0n) is 9.76. The van der Waals surface area contributed by atoms with E-state index in [1.807, 2.05) is 37.3 Å². The van der Waals surface area contributed by atoms with Crippen molar-refractivity contribution in [2.45, 2.75) is 20.0 Å². The maximum absolute atomic E-state index is 5.67. The van der Waals surface area contributed by atoms with Gasteiger partial charge in [-0.2, -0.15) is 4.98 Å². The lowest BCUT2D eigenvalue weighted by atomic mass is 10.2. The van der Waals surface area contributed by atoms with Gasteiger partial charge < -0.3 is 10.5 Å². The van der Waals surface area contributed by atoms with Gasteiger partial charge in [-0.15, -0.1) is 0 Å². The molecule has 1 aromatic heterocycles. The molecule has 4 nitrogen and oxygen atoms in total. The molecule has 88 valence electrons. The Labute approximate surface area is 100 Å². The number of anilines is 1. The molecular formula is C13H15N3O. The number of hydrogen-bond donors (Lipinski definition) is 1. The molecule has 2 rings (SSSR count). The van der Waals surface area contributed by atoms with E-state index in [9.17, 15) is 0 Å². The number of ether oxygens (including phenoxy) is 1. The van der Waals surface area contributed by atoms with E-state index in [1.165, 1.54) is 0 Å². The van der Waals surface area contributed by atoms with Crippen LogP contribution < -0.4 is 10.5 Å². The summed E-state index contributed by atoms with van der Waals surface area (Å²) in [5.74, 6) is 1.67. The number of benzene rings is 1. The summed E-state index contributed by atoms with van der Waals surface area (Å²) in [7, 11) is 0. The smallest absolute Gasteiger partial charge is 0.219 e. The summed E-state index contributed by atoms with van der Waals surface area (Å²) < 4.78 is 5.58. The molecule has 0 saturated heterocycles. The van der Waals surface area contributed by atoms with Gasteiger partial charge in [0.15, 0.2) is 0 Å². The third kappa shape index (κ3) is 3.17. The van der Waals surface area contributed by atoms with Gasteiger partial charge in [0.25, 0.3) is 0 Å². The fourth-order valence-corrected chi connectivity index (χ4v) is 1.46. The molecule has 0 atom stereocenters. The van der Waals surface area contributed by atoms with E-state index < -0.39 is 0 Å². The lowest BCUT2D eigenvalue weighted by Crippen LogP contribution is -2.03. The molecule has 0 aliphatic carbocycles. The molecule has 17 heavy (non-hydrogen) atoms. The van der Waals surface area contributed by atoms with Crippen molar-refractivity contribution in [2.75, 3.05) is 5.73 Å². The zero-order valence-corrected chi connectivity index (χ0v) is 9.76. The largest absolute Gasteiger partial charge is 0.473 e. The van der Waals surface area contributed by atoms with Gasteiger partial charge in [0, 0.05) is 12.5 Å². The van der Waals surface area contributed by atoms with E-state index in [4.69, 9.17) is 10.5 Å². The van der Waals surface area contributed by atoms with Crippen molar-refractivity contribution in [1.29, 1.82) is 0 Å². The average molecular weight is 229 g/mol. The Morgan fingerprint density at radius 3 is 2.65 bits per heavy atom. The highest BCUT2D eigenvalue weighted by Crippen LogP contribution is 2.13. The SMILES string of the molecule is CCc1nc(N)cc(OCc2ccccc2)n1. The van der Waals surface area contributed by atoms with E-state index >= 15 is 0 Å². The van der Waals surface area contributed by atoms with E-state index in [2.05, 4.69) is 9.97 Å². The number of nitrogen functional groups attached to an aromatic ring is 1. The van der Waals surface area contributed by atoms with E-state index in [0.29, 0.717) is 24.1 Å². The minimum Gasteiger partial charge on any atom is -0.473 e.